The van der Waals surface area contributed by atoms with Crippen molar-refractivity contribution in [2.24, 2.45) is 0 Å². The number of anilines is 1. The van der Waals surface area contributed by atoms with Crippen molar-refractivity contribution in [3.05, 3.63) is 28.2 Å². The van der Waals surface area contributed by atoms with Gasteiger partial charge in [-0.05, 0) is 30.7 Å². The third-order valence-corrected chi connectivity index (χ3v) is 3.45. The number of nitrogen functional groups attached to an aromatic ring is 1. The summed E-state index contributed by atoms with van der Waals surface area (Å²) in [5.41, 5.74) is 7.77. The molecule has 1 aromatic rings. The number of ether oxygens (including phenoxy) is 1. The lowest BCUT2D eigenvalue weighted by Crippen LogP contribution is -2.47. The molecule has 0 radical (unpaired) electrons. The van der Waals surface area contributed by atoms with E-state index in [0.717, 1.165) is 29.8 Å². The number of morpholine rings is 1. The molecule has 18 heavy (non-hydrogen) atoms. The zero-order valence-electron chi connectivity index (χ0n) is 10.5. The maximum absolute atomic E-state index is 9.20. The van der Waals surface area contributed by atoms with Crippen LogP contribution in [0.15, 0.2) is 22.7 Å². The van der Waals surface area contributed by atoms with Gasteiger partial charge in [-0.1, -0.05) is 15.9 Å². The first kappa shape index (κ1) is 13.8. The average Bonchev–Trinajstić information content (AvgIpc) is 2.26. The Balaban J connectivity index is 2.03. The van der Waals surface area contributed by atoms with Crippen LogP contribution in [0.4, 0.5) is 5.69 Å². The van der Waals surface area contributed by atoms with Crippen LogP contribution in [-0.4, -0.2) is 41.9 Å². The van der Waals surface area contributed by atoms with Crippen LogP contribution in [0, 0.1) is 0 Å². The van der Waals surface area contributed by atoms with Gasteiger partial charge < -0.3 is 15.6 Å². The molecule has 4 nitrogen and oxygen atoms in total. The molecule has 1 aliphatic heterocycles. The fourth-order valence-corrected chi connectivity index (χ4v) is 2.95. The van der Waals surface area contributed by atoms with Gasteiger partial charge >= 0.3 is 0 Å². The summed E-state index contributed by atoms with van der Waals surface area (Å²) in [7, 11) is 0. The van der Waals surface area contributed by atoms with Gasteiger partial charge in [-0.25, -0.2) is 0 Å². The summed E-state index contributed by atoms with van der Waals surface area (Å²) in [5, 5.41) is 9.20. The van der Waals surface area contributed by atoms with Crippen molar-refractivity contribution in [3.8, 4) is 0 Å². The van der Waals surface area contributed by atoms with Gasteiger partial charge in [0, 0.05) is 29.8 Å². The maximum atomic E-state index is 9.20. The molecule has 0 aliphatic carbocycles. The number of rotatable bonds is 3. The van der Waals surface area contributed by atoms with Crippen molar-refractivity contribution >= 4 is 21.6 Å². The van der Waals surface area contributed by atoms with Gasteiger partial charge in [-0.15, -0.1) is 0 Å². The van der Waals surface area contributed by atoms with E-state index in [9.17, 15) is 5.11 Å². The number of hydrogen-bond acceptors (Lipinski definition) is 4. The average molecular weight is 315 g/mol. The summed E-state index contributed by atoms with van der Waals surface area (Å²) in [6, 6.07) is 5.95. The van der Waals surface area contributed by atoms with E-state index in [2.05, 4.69) is 26.9 Å². The summed E-state index contributed by atoms with van der Waals surface area (Å²) in [6.07, 6.45) is 0.0682. The topological polar surface area (TPSA) is 58.7 Å². The smallest absolute Gasteiger partial charge is 0.0936 e. The Morgan fingerprint density at radius 2 is 2.22 bits per heavy atom. The van der Waals surface area contributed by atoms with E-state index in [0.29, 0.717) is 0 Å². The lowest BCUT2D eigenvalue weighted by molar-refractivity contribution is -0.0972. The summed E-state index contributed by atoms with van der Waals surface area (Å²) >= 11 is 3.45. The maximum Gasteiger partial charge on any atom is 0.0936 e. The number of nitrogens with zero attached hydrogens (tertiary/aromatic N) is 1. The molecule has 5 heteroatoms. The van der Waals surface area contributed by atoms with Gasteiger partial charge in [-0.2, -0.15) is 0 Å². The van der Waals surface area contributed by atoms with E-state index in [-0.39, 0.29) is 18.8 Å². The summed E-state index contributed by atoms with van der Waals surface area (Å²) in [4.78, 5) is 2.29. The van der Waals surface area contributed by atoms with Gasteiger partial charge in [0.15, 0.2) is 0 Å². The second-order valence-corrected chi connectivity index (χ2v) is 5.75. The molecule has 0 aromatic heterocycles. The Morgan fingerprint density at radius 3 is 2.89 bits per heavy atom. The third kappa shape index (κ3) is 3.68. The number of halogens is 1. The van der Waals surface area contributed by atoms with E-state index >= 15 is 0 Å². The molecule has 0 spiro atoms. The van der Waals surface area contributed by atoms with E-state index < -0.39 is 0 Å². The van der Waals surface area contributed by atoms with E-state index in [4.69, 9.17) is 10.5 Å². The molecule has 1 saturated heterocycles. The van der Waals surface area contributed by atoms with Crippen molar-refractivity contribution in [1.82, 2.24) is 4.90 Å². The number of hydrogen-bond donors (Lipinski definition) is 2. The van der Waals surface area contributed by atoms with Crippen molar-refractivity contribution in [1.29, 1.82) is 0 Å². The molecular formula is C13H19BrN2O2. The third-order valence-electron chi connectivity index (χ3n) is 2.99. The molecule has 1 aromatic carbocycles. The quantitative estimate of drug-likeness (QED) is 0.832. The molecule has 0 bridgehead atoms. The largest absolute Gasteiger partial charge is 0.399 e. The standard InChI is InChI=1S/C13H19BrN2O2/c1-9-5-16(7-13(8-17)18-9)6-10-2-11(14)4-12(15)3-10/h2-4,9,13,17H,5-8,15H2,1H3. The predicted octanol–water partition coefficient (Wildman–Crippen LogP) is 1.61. The molecule has 2 unspecified atom stereocenters. The normalized spacial score (nSPS) is 25.3. The Labute approximate surface area is 116 Å². The Morgan fingerprint density at radius 1 is 1.44 bits per heavy atom. The Bertz CT molecular complexity index is 394. The summed E-state index contributed by atoms with van der Waals surface area (Å²) < 4.78 is 6.62. The van der Waals surface area contributed by atoms with Crippen LogP contribution >= 0.6 is 15.9 Å². The van der Waals surface area contributed by atoms with Gasteiger partial charge in [0.1, 0.15) is 0 Å². The first-order valence-electron chi connectivity index (χ1n) is 6.10. The van der Waals surface area contributed by atoms with E-state index in [1.807, 2.05) is 19.1 Å². The second-order valence-electron chi connectivity index (χ2n) is 4.84. The minimum Gasteiger partial charge on any atom is -0.399 e. The molecule has 2 atom stereocenters. The predicted molar refractivity (Wildman–Crippen MR) is 75.3 cm³/mol. The lowest BCUT2D eigenvalue weighted by Gasteiger charge is -2.36. The van der Waals surface area contributed by atoms with Crippen LogP contribution in [0.25, 0.3) is 0 Å². The number of benzene rings is 1. The minimum absolute atomic E-state index is 0.0709. The van der Waals surface area contributed by atoms with Crippen LogP contribution in [0.2, 0.25) is 0 Å². The molecule has 1 aliphatic rings. The molecule has 0 amide bonds. The fourth-order valence-electron chi connectivity index (χ4n) is 2.40. The highest BCUT2D eigenvalue weighted by molar-refractivity contribution is 9.10. The zero-order chi connectivity index (χ0) is 13.1. The zero-order valence-corrected chi connectivity index (χ0v) is 12.1. The molecule has 0 saturated carbocycles. The van der Waals surface area contributed by atoms with Crippen molar-refractivity contribution < 1.29 is 9.84 Å². The van der Waals surface area contributed by atoms with Crippen molar-refractivity contribution in [2.75, 3.05) is 25.4 Å². The number of aliphatic hydroxyl groups is 1. The molecule has 1 fully saturated rings. The SMILES string of the molecule is CC1CN(Cc2cc(N)cc(Br)c2)CC(CO)O1. The van der Waals surface area contributed by atoms with Crippen molar-refractivity contribution in [2.45, 2.75) is 25.7 Å². The lowest BCUT2D eigenvalue weighted by atomic mass is 10.1. The molecule has 3 N–H and O–H groups in total. The monoisotopic (exact) mass is 314 g/mol. The fraction of sp³-hybridized carbons (Fsp3) is 0.538. The Hall–Kier alpha value is -0.620. The van der Waals surface area contributed by atoms with Gasteiger partial charge in [0.05, 0.1) is 18.8 Å². The Kier molecular flexibility index (Phi) is 4.61. The first-order chi connectivity index (χ1) is 8.56. The molecule has 1 heterocycles. The van der Waals surface area contributed by atoms with Gasteiger partial charge in [0.25, 0.3) is 0 Å². The summed E-state index contributed by atoms with van der Waals surface area (Å²) in [6.45, 7) is 4.57. The van der Waals surface area contributed by atoms with Crippen LogP contribution in [0.5, 0.6) is 0 Å². The van der Waals surface area contributed by atoms with Crippen LogP contribution in [0.1, 0.15) is 12.5 Å². The molecule has 100 valence electrons. The molecule has 2 rings (SSSR count). The van der Waals surface area contributed by atoms with Crippen LogP contribution in [0.3, 0.4) is 0 Å². The van der Waals surface area contributed by atoms with Gasteiger partial charge in [0.2, 0.25) is 0 Å². The second kappa shape index (κ2) is 6.02. The summed E-state index contributed by atoms with van der Waals surface area (Å²) in [5.74, 6) is 0. The highest BCUT2D eigenvalue weighted by Crippen LogP contribution is 2.20. The molecular weight excluding hydrogens is 296 g/mol. The van der Waals surface area contributed by atoms with Crippen LogP contribution < -0.4 is 5.73 Å². The van der Waals surface area contributed by atoms with Crippen LogP contribution in [-0.2, 0) is 11.3 Å². The number of aliphatic hydroxyl groups excluding tert-OH is 1. The van der Waals surface area contributed by atoms with E-state index in [1.54, 1.807) is 0 Å². The van der Waals surface area contributed by atoms with E-state index in [1.165, 1.54) is 5.56 Å². The van der Waals surface area contributed by atoms with Crippen molar-refractivity contribution in [3.63, 3.8) is 0 Å². The van der Waals surface area contributed by atoms with Gasteiger partial charge in [-0.3, -0.25) is 4.90 Å². The number of nitrogens with two attached hydrogens (primary N) is 1. The highest BCUT2D eigenvalue weighted by Gasteiger charge is 2.24. The first-order valence-corrected chi connectivity index (χ1v) is 6.89. The highest BCUT2D eigenvalue weighted by atomic mass is 79.9. The minimum atomic E-state index is -0.0850.